The van der Waals surface area contributed by atoms with Crippen LogP contribution in [-0.4, -0.2) is 35.5 Å². The van der Waals surface area contributed by atoms with Crippen molar-refractivity contribution in [3.05, 3.63) is 6.33 Å². The Balaban J connectivity index is 1.90. The lowest BCUT2D eigenvalue weighted by Gasteiger charge is -2.28. The molecule has 0 bridgehead atoms. The van der Waals surface area contributed by atoms with Crippen LogP contribution in [0.1, 0.15) is 26.2 Å². The highest BCUT2D eigenvalue weighted by Gasteiger charge is 2.28. The fourth-order valence-electron chi connectivity index (χ4n) is 2.38. The van der Waals surface area contributed by atoms with E-state index in [1.54, 1.807) is 6.33 Å². The van der Waals surface area contributed by atoms with Crippen molar-refractivity contribution >= 4 is 23.2 Å². The van der Waals surface area contributed by atoms with Crippen LogP contribution < -0.4 is 15.5 Å². The zero-order valence-electron chi connectivity index (χ0n) is 11.1. The average molecular weight is 261 g/mol. The van der Waals surface area contributed by atoms with E-state index in [-0.39, 0.29) is 12.5 Å². The third kappa shape index (κ3) is 2.62. The molecule has 0 atom stereocenters. The lowest BCUT2D eigenvalue weighted by Crippen LogP contribution is -2.33. The van der Waals surface area contributed by atoms with E-state index in [1.165, 1.54) is 12.8 Å². The van der Waals surface area contributed by atoms with E-state index < -0.39 is 0 Å². The predicted octanol–water partition coefficient (Wildman–Crippen LogP) is 1.47. The summed E-state index contributed by atoms with van der Waals surface area (Å²) in [7, 11) is 0. The summed E-state index contributed by atoms with van der Waals surface area (Å²) in [5, 5.41) is 5.92. The Morgan fingerprint density at radius 1 is 1.42 bits per heavy atom. The highest BCUT2D eigenvalue weighted by molar-refractivity contribution is 6.02. The Morgan fingerprint density at radius 2 is 2.26 bits per heavy atom. The van der Waals surface area contributed by atoms with Gasteiger partial charge in [-0.15, -0.1) is 0 Å². The zero-order valence-corrected chi connectivity index (χ0v) is 11.1. The molecule has 2 aliphatic rings. The fraction of sp³-hybridized carbons (Fsp3) is 0.615. The quantitative estimate of drug-likeness (QED) is 0.840. The lowest BCUT2D eigenvalue weighted by atomic mass is 10.2. The van der Waals surface area contributed by atoms with Crippen LogP contribution in [0.25, 0.3) is 0 Å². The van der Waals surface area contributed by atoms with Crippen LogP contribution in [0.5, 0.6) is 0 Å². The van der Waals surface area contributed by atoms with E-state index >= 15 is 0 Å². The van der Waals surface area contributed by atoms with Crippen molar-refractivity contribution in [3.8, 4) is 0 Å². The number of carbonyl (C=O) groups is 1. The summed E-state index contributed by atoms with van der Waals surface area (Å²) < 4.78 is 0. The SMILES string of the molecule is CCCN(CC1CC1)c1ncnc2c1NC(=O)CN2. The van der Waals surface area contributed by atoms with Gasteiger partial charge in [0.2, 0.25) is 5.91 Å². The van der Waals surface area contributed by atoms with Crippen molar-refractivity contribution in [2.75, 3.05) is 35.2 Å². The third-order valence-electron chi connectivity index (χ3n) is 3.48. The summed E-state index contributed by atoms with van der Waals surface area (Å²) in [5.41, 5.74) is 0.729. The van der Waals surface area contributed by atoms with Crippen LogP contribution in [0.15, 0.2) is 6.33 Å². The number of hydrogen-bond donors (Lipinski definition) is 2. The molecule has 3 rings (SSSR count). The van der Waals surface area contributed by atoms with Crippen LogP contribution >= 0.6 is 0 Å². The number of aromatic nitrogens is 2. The van der Waals surface area contributed by atoms with Gasteiger partial charge in [0.1, 0.15) is 12.0 Å². The van der Waals surface area contributed by atoms with Gasteiger partial charge in [-0.05, 0) is 25.2 Å². The van der Waals surface area contributed by atoms with Crippen LogP contribution in [-0.2, 0) is 4.79 Å². The van der Waals surface area contributed by atoms with E-state index in [0.717, 1.165) is 42.8 Å². The molecular formula is C13H19N5O. The van der Waals surface area contributed by atoms with Gasteiger partial charge < -0.3 is 15.5 Å². The maximum atomic E-state index is 11.5. The molecule has 1 amide bonds. The van der Waals surface area contributed by atoms with Crippen LogP contribution in [0.3, 0.4) is 0 Å². The van der Waals surface area contributed by atoms with E-state index in [0.29, 0.717) is 0 Å². The van der Waals surface area contributed by atoms with Gasteiger partial charge in [0.25, 0.3) is 0 Å². The van der Waals surface area contributed by atoms with Crippen molar-refractivity contribution in [1.82, 2.24) is 9.97 Å². The van der Waals surface area contributed by atoms with Gasteiger partial charge in [-0.2, -0.15) is 0 Å². The molecule has 19 heavy (non-hydrogen) atoms. The Labute approximate surface area is 112 Å². The van der Waals surface area contributed by atoms with Gasteiger partial charge in [0.05, 0.1) is 6.54 Å². The van der Waals surface area contributed by atoms with E-state index in [9.17, 15) is 4.79 Å². The summed E-state index contributed by atoms with van der Waals surface area (Å²) >= 11 is 0. The minimum absolute atomic E-state index is 0.0357. The number of fused-ring (bicyclic) bond motifs is 1. The molecule has 1 aromatic heterocycles. The first-order chi connectivity index (χ1) is 9.28. The molecule has 1 aliphatic carbocycles. The molecule has 2 N–H and O–H groups in total. The van der Waals surface area contributed by atoms with Crippen LogP contribution in [0.4, 0.5) is 17.3 Å². The minimum atomic E-state index is -0.0357. The number of nitrogens with zero attached hydrogens (tertiary/aromatic N) is 3. The van der Waals surface area contributed by atoms with Crippen molar-refractivity contribution in [2.45, 2.75) is 26.2 Å². The third-order valence-corrected chi connectivity index (χ3v) is 3.48. The minimum Gasteiger partial charge on any atom is -0.359 e. The molecule has 1 fully saturated rings. The molecule has 0 radical (unpaired) electrons. The lowest BCUT2D eigenvalue weighted by molar-refractivity contribution is -0.114. The second-order valence-corrected chi connectivity index (χ2v) is 5.21. The van der Waals surface area contributed by atoms with Gasteiger partial charge in [-0.25, -0.2) is 9.97 Å². The summed E-state index contributed by atoms with van der Waals surface area (Å²) in [6.45, 7) is 4.41. The van der Waals surface area contributed by atoms with E-state index in [2.05, 4.69) is 32.4 Å². The van der Waals surface area contributed by atoms with Crippen LogP contribution in [0, 0.1) is 5.92 Å². The fourth-order valence-corrected chi connectivity index (χ4v) is 2.38. The first-order valence-corrected chi connectivity index (χ1v) is 6.91. The Bertz CT molecular complexity index is 486. The molecule has 1 saturated carbocycles. The Hall–Kier alpha value is -1.85. The molecule has 1 aliphatic heterocycles. The van der Waals surface area contributed by atoms with Crippen molar-refractivity contribution < 1.29 is 4.79 Å². The number of hydrogen-bond acceptors (Lipinski definition) is 5. The van der Waals surface area contributed by atoms with Gasteiger partial charge in [-0.3, -0.25) is 4.79 Å². The van der Waals surface area contributed by atoms with Gasteiger partial charge in [0.15, 0.2) is 11.6 Å². The zero-order chi connectivity index (χ0) is 13.2. The molecule has 0 unspecified atom stereocenters. The monoisotopic (exact) mass is 261 g/mol. The number of anilines is 3. The van der Waals surface area contributed by atoms with Gasteiger partial charge in [-0.1, -0.05) is 6.92 Å². The predicted molar refractivity (Wildman–Crippen MR) is 74.4 cm³/mol. The largest absolute Gasteiger partial charge is 0.359 e. The maximum absolute atomic E-state index is 11.5. The standard InChI is InChI=1S/C13H19N5O/c1-2-5-18(7-9-3-4-9)13-11-12(15-8-16-13)14-6-10(19)17-11/h8-9H,2-7H2,1H3,(H,17,19)(H,14,15,16). The van der Waals surface area contributed by atoms with Gasteiger partial charge in [0, 0.05) is 13.1 Å². The molecule has 2 heterocycles. The number of amides is 1. The van der Waals surface area contributed by atoms with E-state index in [1.807, 2.05) is 0 Å². The molecule has 102 valence electrons. The number of nitrogens with one attached hydrogen (secondary N) is 2. The first kappa shape index (κ1) is 12.2. The first-order valence-electron chi connectivity index (χ1n) is 6.91. The number of carbonyl (C=O) groups excluding carboxylic acids is 1. The molecule has 0 aromatic carbocycles. The molecule has 1 aromatic rings. The molecular weight excluding hydrogens is 242 g/mol. The van der Waals surface area contributed by atoms with Crippen LogP contribution in [0.2, 0.25) is 0 Å². The summed E-state index contributed by atoms with van der Waals surface area (Å²) in [5.74, 6) is 2.32. The Morgan fingerprint density at radius 3 is 3.00 bits per heavy atom. The summed E-state index contributed by atoms with van der Waals surface area (Å²) in [4.78, 5) is 22.4. The van der Waals surface area contributed by atoms with Crippen molar-refractivity contribution in [2.24, 2.45) is 5.92 Å². The molecule has 6 nitrogen and oxygen atoms in total. The normalized spacial score (nSPS) is 17.4. The van der Waals surface area contributed by atoms with E-state index in [4.69, 9.17) is 0 Å². The Kier molecular flexibility index (Phi) is 3.23. The average Bonchev–Trinajstić information content (AvgIpc) is 3.21. The molecule has 0 spiro atoms. The second kappa shape index (κ2) is 5.03. The summed E-state index contributed by atoms with van der Waals surface area (Å²) in [6.07, 6.45) is 5.23. The second-order valence-electron chi connectivity index (χ2n) is 5.21. The van der Waals surface area contributed by atoms with Gasteiger partial charge >= 0.3 is 0 Å². The molecule has 6 heteroatoms. The van der Waals surface area contributed by atoms with Crippen molar-refractivity contribution in [3.63, 3.8) is 0 Å². The van der Waals surface area contributed by atoms with Crippen molar-refractivity contribution in [1.29, 1.82) is 0 Å². The maximum Gasteiger partial charge on any atom is 0.243 e. The number of rotatable bonds is 5. The topological polar surface area (TPSA) is 70.2 Å². The highest BCUT2D eigenvalue weighted by atomic mass is 16.2. The summed E-state index contributed by atoms with van der Waals surface area (Å²) in [6, 6.07) is 0. The highest BCUT2D eigenvalue weighted by Crippen LogP contribution is 2.35. The molecule has 0 saturated heterocycles. The smallest absolute Gasteiger partial charge is 0.243 e.